The summed E-state index contributed by atoms with van der Waals surface area (Å²) in [6, 6.07) is 9.61. The molecule has 1 atom stereocenters. The van der Waals surface area contributed by atoms with E-state index in [1.54, 1.807) is 24.3 Å². The minimum atomic E-state index is -1.65. The van der Waals surface area contributed by atoms with Crippen molar-refractivity contribution in [3.05, 3.63) is 54.1 Å². The van der Waals surface area contributed by atoms with Gasteiger partial charge in [0, 0.05) is 5.69 Å². The Morgan fingerprint density at radius 2 is 1.80 bits per heavy atom. The summed E-state index contributed by atoms with van der Waals surface area (Å²) in [7, 11) is -1.65. The van der Waals surface area contributed by atoms with Crippen LogP contribution in [-0.4, -0.2) is 16.6 Å². The minimum Gasteiger partial charge on any atom is -0.493 e. The lowest BCUT2D eigenvalue weighted by Crippen LogP contribution is -2.10. The first-order valence-corrected chi connectivity index (χ1v) is 7.20. The highest BCUT2D eigenvalue weighted by molar-refractivity contribution is 7.85. The van der Waals surface area contributed by atoms with Crippen molar-refractivity contribution in [2.24, 2.45) is 0 Å². The third-order valence-electron chi connectivity index (χ3n) is 2.56. The van der Waals surface area contributed by atoms with Gasteiger partial charge in [0.15, 0.2) is 0 Å². The molecule has 2 aromatic rings. The molecular formula is C14H13F2NO2S. The summed E-state index contributed by atoms with van der Waals surface area (Å²) in [5.74, 6) is -0.646. The zero-order valence-corrected chi connectivity index (χ0v) is 11.3. The van der Waals surface area contributed by atoms with E-state index in [2.05, 4.69) is 0 Å². The predicted octanol–water partition coefficient (Wildman–Crippen LogP) is 2.73. The summed E-state index contributed by atoms with van der Waals surface area (Å²) in [4.78, 5) is -0.147. The van der Waals surface area contributed by atoms with E-state index in [-0.39, 0.29) is 17.3 Å². The van der Waals surface area contributed by atoms with E-state index >= 15 is 0 Å². The third kappa shape index (κ3) is 3.77. The lowest BCUT2D eigenvalue weighted by atomic mass is 10.3. The van der Waals surface area contributed by atoms with E-state index in [1.165, 1.54) is 0 Å². The van der Waals surface area contributed by atoms with Crippen LogP contribution in [0.2, 0.25) is 0 Å². The molecule has 0 aliphatic rings. The van der Waals surface area contributed by atoms with E-state index in [4.69, 9.17) is 10.5 Å². The van der Waals surface area contributed by atoms with Crippen LogP contribution >= 0.6 is 0 Å². The van der Waals surface area contributed by atoms with Crippen LogP contribution in [-0.2, 0) is 10.8 Å². The standard InChI is InChI=1S/C14H13F2NO2S/c15-10-1-6-13(16)14(9-10)20(18)8-7-19-12-4-2-11(17)3-5-12/h1-6,9H,7-8,17H2. The van der Waals surface area contributed by atoms with E-state index in [9.17, 15) is 13.0 Å². The Bertz CT molecular complexity index is 617. The first kappa shape index (κ1) is 14.5. The molecule has 0 aliphatic carbocycles. The number of nitrogen functional groups attached to an aromatic ring is 1. The fourth-order valence-corrected chi connectivity index (χ4v) is 2.55. The molecule has 2 N–H and O–H groups in total. The summed E-state index contributed by atoms with van der Waals surface area (Å²) in [5, 5.41) is 0. The van der Waals surface area contributed by atoms with Gasteiger partial charge in [-0.3, -0.25) is 4.21 Å². The van der Waals surface area contributed by atoms with Crippen LogP contribution in [0.4, 0.5) is 14.5 Å². The molecule has 0 heterocycles. The van der Waals surface area contributed by atoms with Crippen molar-refractivity contribution in [1.82, 2.24) is 0 Å². The SMILES string of the molecule is Nc1ccc(OCCS(=O)c2cc(F)ccc2F)cc1. The molecule has 0 bridgehead atoms. The van der Waals surface area contributed by atoms with Gasteiger partial charge in [-0.15, -0.1) is 0 Å². The molecule has 0 aliphatic heterocycles. The van der Waals surface area contributed by atoms with Crippen molar-refractivity contribution in [2.45, 2.75) is 4.90 Å². The topological polar surface area (TPSA) is 52.3 Å². The molecule has 0 saturated carbocycles. The van der Waals surface area contributed by atoms with Crippen LogP contribution < -0.4 is 10.5 Å². The Labute approximate surface area is 117 Å². The van der Waals surface area contributed by atoms with Crippen LogP contribution in [0.3, 0.4) is 0 Å². The fourth-order valence-electron chi connectivity index (χ4n) is 1.56. The van der Waals surface area contributed by atoms with Crippen molar-refractivity contribution in [3.63, 3.8) is 0 Å². The van der Waals surface area contributed by atoms with Gasteiger partial charge in [0.25, 0.3) is 0 Å². The highest BCUT2D eigenvalue weighted by Crippen LogP contribution is 2.16. The van der Waals surface area contributed by atoms with Crippen molar-refractivity contribution in [3.8, 4) is 5.75 Å². The maximum absolute atomic E-state index is 13.4. The molecule has 3 nitrogen and oxygen atoms in total. The largest absolute Gasteiger partial charge is 0.493 e. The van der Waals surface area contributed by atoms with Gasteiger partial charge in [-0.1, -0.05) is 0 Å². The summed E-state index contributed by atoms with van der Waals surface area (Å²) in [6.07, 6.45) is 0. The smallest absolute Gasteiger partial charge is 0.139 e. The number of hydrogen-bond donors (Lipinski definition) is 1. The van der Waals surface area contributed by atoms with Gasteiger partial charge in [0.1, 0.15) is 24.0 Å². The normalized spacial score (nSPS) is 12.1. The van der Waals surface area contributed by atoms with Gasteiger partial charge >= 0.3 is 0 Å². The zero-order valence-electron chi connectivity index (χ0n) is 10.5. The lowest BCUT2D eigenvalue weighted by molar-refractivity contribution is 0.342. The monoisotopic (exact) mass is 297 g/mol. The summed E-state index contributed by atoms with van der Waals surface area (Å²) < 4.78 is 43.6. The van der Waals surface area contributed by atoms with Crippen molar-refractivity contribution in [2.75, 3.05) is 18.1 Å². The number of halogens is 2. The molecule has 106 valence electrons. The molecule has 0 fully saturated rings. The van der Waals surface area contributed by atoms with Crippen molar-refractivity contribution >= 4 is 16.5 Å². The highest BCUT2D eigenvalue weighted by Gasteiger charge is 2.11. The Morgan fingerprint density at radius 3 is 2.50 bits per heavy atom. The summed E-state index contributed by atoms with van der Waals surface area (Å²) in [5.41, 5.74) is 6.14. The van der Waals surface area contributed by atoms with E-state index < -0.39 is 22.4 Å². The van der Waals surface area contributed by atoms with Crippen LogP contribution in [0.1, 0.15) is 0 Å². The Hall–Kier alpha value is -1.95. The van der Waals surface area contributed by atoms with Gasteiger partial charge in [-0.05, 0) is 42.5 Å². The first-order chi connectivity index (χ1) is 9.56. The van der Waals surface area contributed by atoms with Crippen molar-refractivity contribution < 1.29 is 17.7 Å². The Kier molecular flexibility index (Phi) is 4.68. The molecule has 20 heavy (non-hydrogen) atoms. The number of anilines is 1. The van der Waals surface area contributed by atoms with Gasteiger partial charge in [0.2, 0.25) is 0 Å². The van der Waals surface area contributed by atoms with Gasteiger partial charge in [0.05, 0.1) is 21.4 Å². The summed E-state index contributed by atoms with van der Waals surface area (Å²) in [6.45, 7) is 0.131. The van der Waals surface area contributed by atoms with Crippen LogP contribution in [0.25, 0.3) is 0 Å². The molecule has 0 radical (unpaired) electrons. The fraction of sp³-hybridized carbons (Fsp3) is 0.143. The summed E-state index contributed by atoms with van der Waals surface area (Å²) >= 11 is 0. The Balaban J connectivity index is 1.92. The first-order valence-electron chi connectivity index (χ1n) is 5.88. The number of nitrogens with two attached hydrogens (primary N) is 1. The Morgan fingerprint density at radius 1 is 1.10 bits per heavy atom. The number of ether oxygens (including phenoxy) is 1. The maximum Gasteiger partial charge on any atom is 0.139 e. The second-order valence-electron chi connectivity index (χ2n) is 4.04. The van der Waals surface area contributed by atoms with Crippen LogP contribution in [0.5, 0.6) is 5.75 Å². The number of benzene rings is 2. The quantitative estimate of drug-likeness (QED) is 0.863. The van der Waals surface area contributed by atoms with Gasteiger partial charge < -0.3 is 10.5 Å². The van der Waals surface area contributed by atoms with Gasteiger partial charge in [-0.2, -0.15) is 0 Å². The van der Waals surface area contributed by atoms with Crippen molar-refractivity contribution in [1.29, 1.82) is 0 Å². The van der Waals surface area contributed by atoms with Crippen LogP contribution in [0.15, 0.2) is 47.4 Å². The second kappa shape index (κ2) is 6.47. The van der Waals surface area contributed by atoms with Gasteiger partial charge in [-0.25, -0.2) is 8.78 Å². The lowest BCUT2D eigenvalue weighted by Gasteiger charge is -2.07. The molecule has 2 rings (SSSR count). The predicted molar refractivity (Wildman–Crippen MR) is 74.0 cm³/mol. The maximum atomic E-state index is 13.4. The molecular weight excluding hydrogens is 284 g/mol. The molecule has 6 heteroatoms. The van der Waals surface area contributed by atoms with E-state index in [0.29, 0.717) is 11.4 Å². The third-order valence-corrected chi connectivity index (χ3v) is 3.90. The molecule has 0 amide bonds. The molecule has 0 aromatic heterocycles. The highest BCUT2D eigenvalue weighted by atomic mass is 32.2. The van der Waals surface area contributed by atoms with Crippen LogP contribution in [0, 0.1) is 11.6 Å². The second-order valence-corrected chi connectivity index (χ2v) is 5.58. The molecule has 0 saturated heterocycles. The molecule has 1 unspecified atom stereocenters. The average molecular weight is 297 g/mol. The minimum absolute atomic E-state index is 0.0742. The van der Waals surface area contributed by atoms with E-state index in [0.717, 1.165) is 18.2 Å². The molecule has 2 aromatic carbocycles. The zero-order chi connectivity index (χ0) is 14.5. The number of rotatable bonds is 5. The number of hydrogen-bond acceptors (Lipinski definition) is 3. The average Bonchev–Trinajstić information content (AvgIpc) is 2.43. The molecule has 0 spiro atoms. The van der Waals surface area contributed by atoms with E-state index in [1.807, 2.05) is 0 Å².